The third kappa shape index (κ3) is 2.33. The molecule has 0 bridgehead atoms. The molecule has 0 aromatic carbocycles. The van der Waals surface area contributed by atoms with Crippen molar-refractivity contribution < 1.29 is 0 Å². The molecule has 5 nitrogen and oxygen atoms in total. The first-order chi connectivity index (χ1) is 8.72. The van der Waals surface area contributed by atoms with Crippen molar-refractivity contribution in [2.45, 2.75) is 10.1 Å². The van der Waals surface area contributed by atoms with Crippen LogP contribution in [0.3, 0.4) is 0 Å². The van der Waals surface area contributed by atoms with Gasteiger partial charge in [-0.3, -0.25) is 5.10 Å². The molecule has 0 aliphatic carbocycles. The lowest BCUT2D eigenvalue weighted by molar-refractivity contribution is 1.06. The first-order valence-electron chi connectivity index (χ1n) is 4.88. The number of fused-ring (bicyclic) bond motifs is 1. The van der Waals surface area contributed by atoms with E-state index in [2.05, 4.69) is 41.1 Å². The second kappa shape index (κ2) is 4.83. The SMILES string of the molecule is Clc1nc(Sc2ccc(Br)cn2)c2cn[nH]c2n1. The molecule has 0 spiro atoms. The number of aromatic nitrogens is 5. The second-order valence-electron chi connectivity index (χ2n) is 3.35. The normalized spacial score (nSPS) is 11.0. The Hall–Kier alpha value is -1.18. The molecule has 90 valence electrons. The fourth-order valence-corrected chi connectivity index (χ4v) is 2.67. The van der Waals surface area contributed by atoms with E-state index in [-0.39, 0.29) is 5.28 Å². The molecule has 18 heavy (non-hydrogen) atoms. The van der Waals surface area contributed by atoms with Crippen molar-refractivity contribution in [1.82, 2.24) is 25.1 Å². The van der Waals surface area contributed by atoms with Gasteiger partial charge < -0.3 is 0 Å². The highest BCUT2D eigenvalue weighted by Gasteiger charge is 2.10. The molecule has 3 aromatic rings. The number of hydrogen-bond donors (Lipinski definition) is 1. The smallest absolute Gasteiger partial charge is 0.225 e. The Labute approximate surface area is 120 Å². The minimum atomic E-state index is 0.186. The molecular formula is C10H5BrClN5S. The van der Waals surface area contributed by atoms with Crippen LogP contribution in [0.5, 0.6) is 0 Å². The topological polar surface area (TPSA) is 67.3 Å². The highest BCUT2D eigenvalue weighted by molar-refractivity contribution is 9.10. The summed E-state index contributed by atoms with van der Waals surface area (Å²) in [5.74, 6) is 0. The summed E-state index contributed by atoms with van der Waals surface area (Å²) in [6.07, 6.45) is 3.41. The Morgan fingerprint density at radius 1 is 1.22 bits per heavy atom. The molecule has 0 aliphatic heterocycles. The maximum absolute atomic E-state index is 5.86. The van der Waals surface area contributed by atoms with Crippen LogP contribution in [0.15, 0.2) is 39.1 Å². The minimum absolute atomic E-state index is 0.186. The lowest BCUT2D eigenvalue weighted by Gasteiger charge is -2.01. The maximum Gasteiger partial charge on any atom is 0.225 e. The van der Waals surface area contributed by atoms with E-state index in [4.69, 9.17) is 11.6 Å². The molecule has 1 N–H and O–H groups in total. The van der Waals surface area contributed by atoms with Gasteiger partial charge >= 0.3 is 0 Å². The van der Waals surface area contributed by atoms with Crippen molar-refractivity contribution in [2.24, 2.45) is 0 Å². The van der Waals surface area contributed by atoms with Crippen LogP contribution in [0, 0.1) is 0 Å². The number of hydrogen-bond acceptors (Lipinski definition) is 5. The fraction of sp³-hybridized carbons (Fsp3) is 0. The van der Waals surface area contributed by atoms with E-state index in [0.29, 0.717) is 5.65 Å². The van der Waals surface area contributed by atoms with Crippen LogP contribution in [0.1, 0.15) is 0 Å². The zero-order chi connectivity index (χ0) is 12.5. The van der Waals surface area contributed by atoms with Crippen LogP contribution in [-0.4, -0.2) is 25.1 Å². The number of H-pyrrole nitrogens is 1. The molecule has 0 unspecified atom stereocenters. The molecule has 0 atom stereocenters. The van der Waals surface area contributed by atoms with E-state index >= 15 is 0 Å². The van der Waals surface area contributed by atoms with Gasteiger partial charge in [0, 0.05) is 10.7 Å². The van der Waals surface area contributed by atoms with Crippen molar-refractivity contribution in [1.29, 1.82) is 0 Å². The predicted octanol–water partition coefficient (Wildman–Crippen LogP) is 3.32. The molecule has 0 radical (unpaired) electrons. The third-order valence-corrected chi connectivity index (χ3v) is 3.74. The van der Waals surface area contributed by atoms with Crippen molar-refractivity contribution >= 4 is 50.3 Å². The van der Waals surface area contributed by atoms with Crippen molar-refractivity contribution in [3.8, 4) is 0 Å². The van der Waals surface area contributed by atoms with Crippen molar-refractivity contribution in [3.63, 3.8) is 0 Å². The van der Waals surface area contributed by atoms with Gasteiger partial charge in [0.25, 0.3) is 0 Å². The predicted molar refractivity (Wildman–Crippen MR) is 72.8 cm³/mol. The highest BCUT2D eigenvalue weighted by atomic mass is 79.9. The summed E-state index contributed by atoms with van der Waals surface area (Å²) in [5.41, 5.74) is 0.620. The van der Waals surface area contributed by atoms with Crippen molar-refractivity contribution in [2.75, 3.05) is 0 Å². The quantitative estimate of drug-likeness (QED) is 0.571. The Morgan fingerprint density at radius 3 is 2.89 bits per heavy atom. The molecule has 0 saturated heterocycles. The Kier molecular flexibility index (Phi) is 3.19. The molecular weight excluding hydrogens is 338 g/mol. The zero-order valence-electron chi connectivity index (χ0n) is 8.76. The molecule has 3 rings (SSSR count). The highest BCUT2D eigenvalue weighted by Crippen LogP contribution is 2.30. The van der Waals surface area contributed by atoms with Crippen LogP contribution >= 0.6 is 39.3 Å². The molecule has 3 heterocycles. The average Bonchev–Trinajstić information content (AvgIpc) is 2.80. The van der Waals surface area contributed by atoms with Gasteiger partial charge in [-0.05, 0) is 51.4 Å². The van der Waals surface area contributed by atoms with E-state index in [1.165, 1.54) is 11.8 Å². The average molecular weight is 343 g/mol. The molecule has 0 amide bonds. The molecule has 0 fully saturated rings. The number of pyridine rings is 1. The lowest BCUT2D eigenvalue weighted by atomic mass is 10.4. The Bertz CT molecular complexity index is 699. The monoisotopic (exact) mass is 341 g/mol. The summed E-state index contributed by atoms with van der Waals surface area (Å²) in [4.78, 5) is 12.5. The van der Waals surface area contributed by atoms with Gasteiger partial charge in [-0.2, -0.15) is 10.1 Å². The first-order valence-corrected chi connectivity index (χ1v) is 6.87. The summed E-state index contributed by atoms with van der Waals surface area (Å²) in [6, 6.07) is 3.82. The van der Waals surface area contributed by atoms with Gasteiger partial charge in [-0.15, -0.1) is 0 Å². The Balaban J connectivity index is 2.03. The summed E-state index contributed by atoms with van der Waals surface area (Å²) in [7, 11) is 0. The summed E-state index contributed by atoms with van der Waals surface area (Å²) >= 11 is 10.6. The van der Waals surface area contributed by atoms with Crippen LogP contribution in [0.4, 0.5) is 0 Å². The van der Waals surface area contributed by atoms with Crippen LogP contribution < -0.4 is 0 Å². The van der Waals surface area contributed by atoms with Crippen LogP contribution in [0.2, 0.25) is 5.28 Å². The van der Waals surface area contributed by atoms with Crippen LogP contribution in [0.25, 0.3) is 11.0 Å². The molecule has 8 heteroatoms. The summed E-state index contributed by atoms with van der Waals surface area (Å²) in [5, 5.41) is 9.27. The van der Waals surface area contributed by atoms with Crippen molar-refractivity contribution in [3.05, 3.63) is 34.3 Å². The van der Waals surface area contributed by atoms with Crippen LogP contribution in [-0.2, 0) is 0 Å². The third-order valence-electron chi connectivity index (χ3n) is 2.15. The standard InChI is InChI=1S/C10H5BrClN5S/c11-5-1-2-7(13-3-5)18-9-6-4-14-17-8(6)15-10(12)16-9/h1-4H,(H,14,15,16,17). The van der Waals surface area contributed by atoms with E-state index in [0.717, 1.165) is 19.9 Å². The Morgan fingerprint density at radius 2 is 2.11 bits per heavy atom. The molecule has 0 saturated carbocycles. The number of halogens is 2. The molecule has 3 aromatic heterocycles. The second-order valence-corrected chi connectivity index (χ2v) is 5.61. The summed E-state index contributed by atoms with van der Waals surface area (Å²) < 4.78 is 0.932. The fourth-order valence-electron chi connectivity index (χ4n) is 1.38. The number of nitrogens with zero attached hydrogens (tertiary/aromatic N) is 4. The van der Waals surface area contributed by atoms with Gasteiger partial charge in [0.15, 0.2) is 5.65 Å². The van der Waals surface area contributed by atoms with Gasteiger partial charge in [-0.1, -0.05) is 0 Å². The molecule has 0 aliphatic rings. The maximum atomic E-state index is 5.86. The van der Waals surface area contributed by atoms with E-state index in [1.807, 2.05) is 12.1 Å². The summed E-state index contributed by atoms with van der Waals surface area (Å²) in [6.45, 7) is 0. The van der Waals surface area contributed by atoms with Gasteiger partial charge in [-0.25, -0.2) is 9.97 Å². The number of nitrogens with one attached hydrogen (secondary N) is 1. The van der Waals surface area contributed by atoms with E-state index < -0.39 is 0 Å². The lowest BCUT2D eigenvalue weighted by Crippen LogP contribution is -1.88. The first kappa shape index (κ1) is 11.9. The largest absolute Gasteiger partial charge is 0.261 e. The zero-order valence-corrected chi connectivity index (χ0v) is 11.9. The van der Waals surface area contributed by atoms with Gasteiger partial charge in [0.2, 0.25) is 5.28 Å². The van der Waals surface area contributed by atoms with Gasteiger partial charge in [0.05, 0.1) is 11.6 Å². The van der Waals surface area contributed by atoms with Gasteiger partial charge in [0.1, 0.15) is 10.1 Å². The number of rotatable bonds is 2. The van der Waals surface area contributed by atoms with E-state index in [9.17, 15) is 0 Å². The number of aromatic amines is 1. The minimum Gasteiger partial charge on any atom is -0.261 e. The van der Waals surface area contributed by atoms with E-state index in [1.54, 1.807) is 12.4 Å².